The molecule has 1 fully saturated rings. The summed E-state index contributed by atoms with van der Waals surface area (Å²) in [5, 5.41) is 7.68. The Hall–Kier alpha value is -2.81. The van der Waals surface area contributed by atoms with Crippen molar-refractivity contribution >= 4 is 28.5 Å². The second kappa shape index (κ2) is 6.97. The summed E-state index contributed by atoms with van der Waals surface area (Å²) >= 11 is 6.27. The molecule has 3 aromatic rings. The Bertz CT molecular complexity index is 1030. The summed E-state index contributed by atoms with van der Waals surface area (Å²) in [5.74, 6) is -1.72. The number of amides is 2. The summed E-state index contributed by atoms with van der Waals surface area (Å²) in [5.41, 5.74) is 2.25. The van der Waals surface area contributed by atoms with Crippen LogP contribution in [0.15, 0.2) is 28.8 Å². The van der Waals surface area contributed by atoms with E-state index in [1.54, 1.807) is 18.2 Å². The predicted octanol–water partition coefficient (Wildman–Crippen LogP) is 3.86. The zero-order valence-corrected chi connectivity index (χ0v) is 15.6. The largest absolute Gasteiger partial charge is 0.484 e. The highest BCUT2D eigenvalue weighted by atomic mass is 35.5. The number of halogens is 3. The normalized spacial score (nSPS) is 15.5. The van der Waals surface area contributed by atoms with Crippen molar-refractivity contribution in [3.05, 3.63) is 46.4 Å². The topological polar surface area (TPSA) is 83.4 Å². The van der Waals surface area contributed by atoms with E-state index in [4.69, 9.17) is 20.9 Å². The molecule has 0 atom stereocenters. The Balaban J connectivity index is 1.40. The van der Waals surface area contributed by atoms with Crippen molar-refractivity contribution in [3.8, 4) is 5.75 Å². The lowest BCUT2D eigenvalue weighted by Gasteiger charge is -2.38. The van der Waals surface area contributed by atoms with Crippen LogP contribution in [0.3, 0.4) is 0 Å². The molecule has 0 unspecified atom stereocenters. The molecule has 1 aliphatic rings. The van der Waals surface area contributed by atoms with Crippen molar-refractivity contribution in [1.82, 2.24) is 20.4 Å². The second-order valence-electron chi connectivity index (χ2n) is 6.76. The molecule has 148 valence electrons. The molecule has 3 heterocycles. The minimum atomic E-state index is -2.78. The Morgan fingerprint density at radius 2 is 2.18 bits per heavy atom. The lowest BCUT2D eigenvalue weighted by atomic mass is 10.2. The fourth-order valence-electron chi connectivity index (χ4n) is 2.97. The minimum Gasteiger partial charge on any atom is -0.484 e. The predicted molar refractivity (Wildman–Crippen MR) is 97.6 cm³/mol. The number of H-pyrrole nitrogens is 1. The van der Waals surface area contributed by atoms with Crippen LogP contribution in [0, 0.1) is 6.92 Å². The van der Waals surface area contributed by atoms with E-state index in [1.165, 1.54) is 0 Å². The van der Waals surface area contributed by atoms with E-state index in [0.29, 0.717) is 16.5 Å². The van der Waals surface area contributed by atoms with E-state index in [0.717, 1.165) is 27.2 Å². The van der Waals surface area contributed by atoms with Crippen LogP contribution in [-0.4, -0.2) is 40.1 Å². The number of ether oxygens (including phenoxy) is 1. The number of fused-ring (bicyclic) bond motifs is 1. The number of hydrogen-bond donors (Lipinski definition) is 2. The first-order chi connectivity index (χ1) is 13.3. The smallest absolute Gasteiger partial charge is 0.318 e. The number of benzene rings is 1. The number of urea groups is 1. The van der Waals surface area contributed by atoms with Crippen molar-refractivity contribution in [1.29, 1.82) is 0 Å². The standard InChI is InChI=1S/C18H17ClF2N4O3/c1-10-2-13(28-24-10)7-27-16-5-15-11(4-14(16)19)3-12(23-15)6-22-17(26)25-8-18(20,21)9-25/h2-5,23H,6-9H2,1H3,(H,22,26). The van der Waals surface area contributed by atoms with Gasteiger partial charge >= 0.3 is 6.03 Å². The molecule has 2 N–H and O–H groups in total. The number of rotatable bonds is 5. The lowest BCUT2D eigenvalue weighted by molar-refractivity contribution is -0.109. The van der Waals surface area contributed by atoms with Crippen LogP contribution in [-0.2, 0) is 13.2 Å². The van der Waals surface area contributed by atoms with Crippen LogP contribution in [0.1, 0.15) is 17.1 Å². The van der Waals surface area contributed by atoms with Gasteiger partial charge in [0.2, 0.25) is 0 Å². The van der Waals surface area contributed by atoms with Crippen LogP contribution >= 0.6 is 11.6 Å². The fourth-order valence-corrected chi connectivity index (χ4v) is 3.20. The molecule has 1 aromatic carbocycles. The molecule has 0 aliphatic carbocycles. The lowest BCUT2D eigenvalue weighted by Crippen LogP contribution is -2.60. The summed E-state index contributed by atoms with van der Waals surface area (Å²) < 4.78 is 36.5. The van der Waals surface area contributed by atoms with Gasteiger partial charge in [-0.05, 0) is 19.1 Å². The summed E-state index contributed by atoms with van der Waals surface area (Å²) in [6.07, 6.45) is 0. The van der Waals surface area contributed by atoms with Gasteiger partial charge in [-0.3, -0.25) is 0 Å². The van der Waals surface area contributed by atoms with Gasteiger partial charge in [-0.25, -0.2) is 13.6 Å². The van der Waals surface area contributed by atoms with Gasteiger partial charge in [0.1, 0.15) is 12.4 Å². The molecular weight excluding hydrogens is 394 g/mol. The molecule has 1 saturated heterocycles. The molecule has 0 radical (unpaired) electrons. The minimum absolute atomic E-state index is 0.181. The second-order valence-corrected chi connectivity index (χ2v) is 7.17. The first-order valence-corrected chi connectivity index (χ1v) is 8.94. The first-order valence-electron chi connectivity index (χ1n) is 8.56. The first kappa shape index (κ1) is 18.5. The molecule has 2 aromatic heterocycles. The number of carbonyl (C=O) groups is 1. The van der Waals surface area contributed by atoms with Crippen molar-refractivity contribution in [2.75, 3.05) is 13.1 Å². The molecule has 10 heteroatoms. The highest BCUT2D eigenvalue weighted by molar-refractivity contribution is 6.32. The maximum Gasteiger partial charge on any atom is 0.318 e. The number of alkyl halides is 2. The molecule has 4 rings (SSSR count). The maximum atomic E-state index is 12.8. The Kier molecular flexibility index (Phi) is 4.62. The molecule has 0 bridgehead atoms. The van der Waals surface area contributed by atoms with E-state index in [1.807, 2.05) is 13.0 Å². The molecule has 0 spiro atoms. The number of aromatic nitrogens is 2. The summed E-state index contributed by atoms with van der Waals surface area (Å²) in [4.78, 5) is 16.1. The van der Waals surface area contributed by atoms with Gasteiger partial charge in [-0.15, -0.1) is 0 Å². The van der Waals surface area contributed by atoms with Crippen molar-refractivity contribution in [3.63, 3.8) is 0 Å². The average molecular weight is 411 g/mol. The summed E-state index contributed by atoms with van der Waals surface area (Å²) in [6.45, 7) is 1.09. The zero-order chi connectivity index (χ0) is 19.9. The van der Waals surface area contributed by atoms with Crippen LogP contribution in [0.4, 0.5) is 13.6 Å². The van der Waals surface area contributed by atoms with Gasteiger partial charge < -0.3 is 24.5 Å². The van der Waals surface area contributed by atoms with E-state index >= 15 is 0 Å². The third kappa shape index (κ3) is 3.89. The van der Waals surface area contributed by atoms with Gasteiger partial charge in [0.15, 0.2) is 5.76 Å². The van der Waals surface area contributed by atoms with E-state index < -0.39 is 25.0 Å². The average Bonchev–Trinajstić information content (AvgIpc) is 3.20. The molecule has 28 heavy (non-hydrogen) atoms. The van der Waals surface area contributed by atoms with Gasteiger partial charge in [0.25, 0.3) is 5.92 Å². The van der Waals surface area contributed by atoms with Crippen LogP contribution in [0.2, 0.25) is 5.02 Å². The maximum absolute atomic E-state index is 12.8. The number of aryl methyl sites for hydroxylation is 1. The number of likely N-dealkylation sites (tertiary alicyclic amines) is 1. The number of carbonyl (C=O) groups excluding carboxylic acids is 1. The third-order valence-corrected chi connectivity index (χ3v) is 4.63. The SMILES string of the molecule is Cc1cc(COc2cc3[nH]c(CNC(=O)N4CC(F)(F)C4)cc3cc2Cl)on1. The van der Waals surface area contributed by atoms with Crippen molar-refractivity contribution < 1.29 is 22.8 Å². The highest BCUT2D eigenvalue weighted by Crippen LogP contribution is 2.31. The Morgan fingerprint density at radius 3 is 2.86 bits per heavy atom. The molecular formula is C18H17ClF2N4O3. The highest BCUT2D eigenvalue weighted by Gasteiger charge is 2.46. The van der Waals surface area contributed by atoms with E-state index in [2.05, 4.69) is 15.5 Å². The number of nitrogens with zero attached hydrogens (tertiary/aromatic N) is 2. The quantitative estimate of drug-likeness (QED) is 0.669. The van der Waals surface area contributed by atoms with E-state index in [9.17, 15) is 13.6 Å². The summed E-state index contributed by atoms with van der Waals surface area (Å²) in [6, 6.07) is 6.58. The van der Waals surface area contributed by atoms with E-state index in [-0.39, 0.29) is 13.2 Å². The summed E-state index contributed by atoms with van der Waals surface area (Å²) in [7, 11) is 0. The van der Waals surface area contributed by atoms with Crippen molar-refractivity contribution in [2.45, 2.75) is 26.0 Å². The fraction of sp³-hybridized carbons (Fsp3) is 0.333. The van der Waals surface area contributed by atoms with Gasteiger partial charge in [0.05, 0.1) is 30.4 Å². The van der Waals surface area contributed by atoms with Gasteiger partial charge in [-0.2, -0.15) is 0 Å². The van der Waals surface area contributed by atoms with Crippen molar-refractivity contribution in [2.24, 2.45) is 0 Å². The number of hydrogen-bond acceptors (Lipinski definition) is 4. The Morgan fingerprint density at radius 1 is 1.39 bits per heavy atom. The number of nitrogens with one attached hydrogen (secondary N) is 2. The third-order valence-electron chi connectivity index (χ3n) is 4.34. The molecule has 7 nitrogen and oxygen atoms in total. The zero-order valence-electron chi connectivity index (χ0n) is 14.9. The van der Waals surface area contributed by atoms with Gasteiger partial charge in [0, 0.05) is 28.7 Å². The molecule has 0 saturated carbocycles. The molecule has 2 amide bonds. The van der Waals surface area contributed by atoms with Crippen LogP contribution < -0.4 is 10.1 Å². The van der Waals surface area contributed by atoms with Crippen LogP contribution in [0.25, 0.3) is 10.9 Å². The molecule has 1 aliphatic heterocycles. The number of aromatic amines is 1. The van der Waals surface area contributed by atoms with Gasteiger partial charge in [-0.1, -0.05) is 16.8 Å². The van der Waals surface area contributed by atoms with Crippen LogP contribution in [0.5, 0.6) is 5.75 Å². The Labute approximate surface area is 163 Å². The monoisotopic (exact) mass is 410 g/mol.